The van der Waals surface area contributed by atoms with Crippen molar-refractivity contribution >= 4 is 17.3 Å². The largest absolute Gasteiger partial charge is 0.494 e. The second-order valence-electron chi connectivity index (χ2n) is 3.63. The molecule has 0 saturated carbocycles. The first kappa shape index (κ1) is 11.4. The van der Waals surface area contributed by atoms with Gasteiger partial charge in [0.1, 0.15) is 11.5 Å². The van der Waals surface area contributed by atoms with Gasteiger partial charge < -0.3 is 15.5 Å². The van der Waals surface area contributed by atoms with E-state index in [-0.39, 0.29) is 5.91 Å². The zero-order valence-corrected chi connectivity index (χ0v) is 9.69. The lowest BCUT2D eigenvalue weighted by atomic mass is 10.2. The van der Waals surface area contributed by atoms with Gasteiger partial charge in [0.2, 0.25) is 0 Å². The second-order valence-corrected chi connectivity index (χ2v) is 3.63. The number of amides is 1. The fourth-order valence-corrected chi connectivity index (χ4v) is 1.55. The van der Waals surface area contributed by atoms with E-state index in [2.05, 4.69) is 15.8 Å². The molecule has 0 aromatic heterocycles. The Morgan fingerprint density at radius 3 is 2.82 bits per heavy atom. The van der Waals surface area contributed by atoms with Crippen molar-refractivity contribution in [3.63, 3.8) is 0 Å². The van der Waals surface area contributed by atoms with Crippen LogP contribution in [0.4, 0.5) is 5.69 Å². The number of anilines is 1. The zero-order chi connectivity index (χ0) is 12.1. The van der Waals surface area contributed by atoms with Crippen molar-refractivity contribution in [2.45, 2.75) is 13.3 Å². The molecule has 0 spiro atoms. The van der Waals surface area contributed by atoms with Gasteiger partial charge in [-0.2, -0.15) is 5.10 Å². The Morgan fingerprint density at radius 2 is 2.24 bits per heavy atom. The minimum absolute atomic E-state index is 0.154. The summed E-state index contributed by atoms with van der Waals surface area (Å²) in [5.74, 6) is 0.643. The highest BCUT2D eigenvalue weighted by molar-refractivity contribution is 6.43. The average molecular weight is 233 g/mol. The smallest absolute Gasteiger partial charge is 0.271 e. The van der Waals surface area contributed by atoms with Gasteiger partial charge in [0.05, 0.1) is 6.61 Å². The van der Waals surface area contributed by atoms with Crippen LogP contribution < -0.4 is 15.5 Å². The summed E-state index contributed by atoms with van der Waals surface area (Å²) < 4.78 is 5.32. The van der Waals surface area contributed by atoms with Crippen molar-refractivity contribution in [2.24, 2.45) is 5.10 Å². The topological polar surface area (TPSA) is 62.7 Å². The Balaban J connectivity index is 1.96. The van der Waals surface area contributed by atoms with Crippen LogP contribution in [-0.2, 0) is 4.79 Å². The summed E-state index contributed by atoms with van der Waals surface area (Å²) in [7, 11) is 0. The summed E-state index contributed by atoms with van der Waals surface area (Å²) in [6.07, 6.45) is 0.670. The van der Waals surface area contributed by atoms with Crippen LogP contribution in [0.2, 0.25) is 0 Å². The lowest BCUT2D eigenvalue weighted by molar-refractivity contribution is -0.110. The van der Waals surface area contributed by atoms with Crippen molar-refractivity contribution in [3.8, 4) is 5.75 Å². The van der Waals surface area contributed by atoms with E-state index in [0.717, 1.165) is 18.0 Å². The van der Waals surface area contributed by atoms with Gasteiger partial charge >= 0.3 is 0 Å². The van der Waals surface area contributed by atoms with Gasteiger partial charge in [0, 0.05) is 18.7 Å². The molecule has 0 fully saturated rings. The molecule has 0 aliphatic carbocycles. The molecule has 0 bridgehead atoms. The molecule has 0 saturated heterocycles. The van der Waals surface area contributed by atoms with Gasteiger partial charge in [-0.3, -0.25) is 4.79 Å². The molecule has 2 N–H and O–H groups in total. The molecule has 17 heavy (non-hydrogen) atoms. The van der Waals surface area contributed by atoms with E-state index in [9.17, 15) is 4.79 Å². The third kappa shape index (κ3) is 2.96. The maximum atomic E-state index is 11.7. The van der Waals surface area contributed by atoms with Gasteiger partial charge in [-0.25, -0.2) is 0 Å². The van der Waals surface area contributed by atoms with E-state index < -0.39 is 0 Å². The summed E-state index contributed by atoms with van der Waals surface area (Å²) in [6.45, 7) is 3.29. The number of rotatable bonds is 4. The molecule has 1 aliphatic heterocycles. The SMILES string of the molecule is CCOc1ccc(NC(=O)C2=NNCC2)cc1. The maximum absolute atomic E-state index is 11.7. The van der Waals surface area contributed by atoms with Gasteiger partial charge in [0.15, 0.2) is 0 Å². The Labute approximate surface area is 99.9 Å². The number of benzene rings is 1. The van der Waals surface area contributed by atoms with Gasteiger partial charge in [-0.05, 0) is 31.2 Å². The molecule has 1 aliphatic rings. The first-order chi connectivity index (χ1) is 8.29. The minimum Gasteiger partial charge on any atom is -0.494 e. The number of nitrogens with one attached hydrogen (secondary N) is 2. The Morgan fingerprint density at radius 1 is 1.47 bits per heavy atom. The molecule has 2 rings (SSSR count). The average Bonchev–Trinajstić information content (AvgIpc) is 2.86. The Kier molecular flexibility index (Phi) is 3.59. The molecule has 5 heteroatoms. The Hall–Kier alpha value is -2.04. The molecule has 0 unspecified atom stereocenters. The summed E-state index contributed by atoms with van der Waals surface area (Å²) in [5.41, 5.74) is 4.06. The maximum Gasteiger partial charge on any atom is 0.271 e. The molecule has 1 heterocycles. The van der Waals surface area contributed by atoms with Crippen LogP contribution in [0.3, 0.4) is 0 Å². The predicted molar refractivity (Wildman–Crippen MR) is 66.3 cm³/mol. The lowest BCUT2D eigenvalue weighted by Gasteiger charge is -2.06. The van der Waals surface area contributed by atoms with Crippen molar-refractivity contribution < 1.29 is 9.53 Å². The van der Waals surface area contributed by atoms with E-state index in [1.54, 1.807) is 0 Å². The van der Waals surface area contributed by atoms with Crippen molar-refractivity contribution in [1.29, 1.82) is 0 Å². The third-order valence-corrected chi connectivity index (χ3v) is 2.37. The van der Waals surface area contributed by atoms with Crippen molar-refractivity contribution in [2.75, 3.05) is 18.5 Å². The monoisotopic (exact) mass is 233 g/mol. The van der Waals surface area contributed by atoms with Crippen LogP contribution in [0.5, 0.6) is 5.75 Å². The highest BCUT2D eigenvalue weighted by atomic mass is 16.5. The fraction of sp³-hybridized carbons (Fsp3) is 0.333. The summed E-state index contributed by atoms with van der Waals surface area (Å²) >= 11 is 0. The van der Waals surface area contributed by atoms with Gasteiger partial charge in [-0.15, -0.1) is 0 Å². The van der Waals surface area contributed by atoms with E-state index in [1.165, 1.54) is 0 Å². The zero-order valence-electron chi connectivity index (χ0n) is 9.69. The second kappa shape index (κ2) is 5.34. The number of hydrogen-bond donors (Lipinski definition) is 2. The predicted octanol–water partition coefficient (Wildman–Crippen LogP) is 1.37. The summed E-state index contributed by atoms with van der Waals surface area (Å²) in [6, 6.07) is 7.28. The number of nitrogens with zero attached hydrogens (tertiary/aromatic N) is 1. The van der Waals surface area contributed by atoms with E-state index in [0.29, 0.717) is 18.7 Å². The highest BCUT2D eigenvalue weighted by Gasteiger charge is 2.15. The van der Waals surface area contributed by atoms with Crippen LogP contribution in [0, 0.1) is 0 Å². The van der Waals surface area contributed by atoms with E-state index >= 15 is 0 Å². The first-order valence-corrected chi connectivity index (χ1v) is 5.63. The quantitative estimate of drug-likeness (QED) is 0.825. The normalized spacial score (nSPS) is 13.8. The molecule has 5 nitrogen and oxygen atoms in total. The fourth-order valence-electron chi connectivity index (χ4n) is 1.55. The van der Waals surface area contributed by atoms with E-state index in [1.807, 2.05) is 31.2 Å². The third-order valence-electron chi connectivity index (χ3n) is 2.37. The van der Waals surface area contributed by atoms with Crippen molar-refractivity contribution in [1.82, 2.24) is 5.43 Å². The lowest BCUT2D eigenvalue weighted by Crippen LogP contribution is -2.21. The molecule has 1 aromatic carbocycles. The summed E-state index contributed by atoms with van der Waals surface area (Å²) in [4.78, 5) is 11.7. The van der Waals surface area contributed by atoms with Gasteiger partial charge in [-0.1, -0.05) is 0 Å². The first-order valence-electron chi connectivity index (χ1n) is 5.63. The number of carbonyl (C=O) groups excluding carboxylic acids is 1. The number of ether oxygens (including phenoxy) is 1. The Bertz CT molecular complexity index is 426. The van der Waals surface area contributed by atoms with E-state index in [4.69, 9.17) is 4.74 Å². The molecule has 1 amide bonds. The number of carbonyl (C=O) groups is 1. The van der Waals surface area contributed by atoms with Crippen LogP contribution in [-0.4, -0.2) is 24.8 Å². The van der Waals surface area contributed by atoms with Crippen LogP contribution in [0.25, 0.3) is 0 Å². The molecule has 90 valence electrons. The van der Waals surface area contributed by atoms with Gasteiger partial charge in [0.25, 0.3) is 5.91 Å². The standard InChI is InChI=1S/C12H15N3O2/c1-2-17-10-5-3-9(4-6-10)14-12(16)11-7-8-13-15-11/h3-6,13H,2,7-8H2,1H3,(H,14,16). The minimum atomic E-state index is -0.154. The molecular weight excluding hydrogens is 218 g/mol. The molecular formula is C12H15N3O2. The number of hydrazone groups is 1. The van der Waals surface area contributed by atoms with Crippen LogP contribution in [0.1, 0.15) is 13.3 Å². The number of hydrogen-bond acceptors (Lipinski definition) is 4. The molecule has 0 radical (unpaired) electrons. The molecule has 1 aromatic rings. The van der Waals surface area contributed by atoms with Crippen LogP contribution in [0.15, 0.2) is 29.4 Å². The summed E-state index contributed by atoms with van der Waals surface area (Å²) in [5, 5.41) is 6.70. The molecule has 0 atom stereocenters. The van der Waals surface area contributed by atoms with Crippen LogP contribution >= 0.6 is 0 Å². The van der Waals surface area contributed by atoms with Crippen molar-refractivity contribution in [3.05, 3.63) is 24.3 Å². The highest BCUT2D eigenvalue weighted by Crippen LogP contribution is 2.15.